The number of carbonyl (C=O) groups is 2. The van der Waals surface area contributed by atoms with Crippen molar-refractivity contribution < 1.29 is 19.1 Å². The minimum Gasteiger partial charge on any atom is -0.417 e. The van der Waals surface area contributed by atoms with Crippen LogP contribution in [0.4, 0.5) is 0 Å². The van der Waals surface area contributed by atoms with Crippen LogP contribution in [-0.2, 0) is 55.6 Å². The number of hydrogen-bond acceptors (Lipinski definition) is 10. The standard InChI is InChI=1S/2C44H32N2O2S2/c1-44(2)36-14-7-6-12-33(36)34-17-15-30(23-37(34)44)46-38-22-29(21-28-11-8-13-35(42(28)38)43(46)27-9-4-3-5-10-27)39-19-20-41(50-39)40-18-16-32(49-40)24-31(25-45)48-26-47;1-44(2)36-14-7-6-11-31(36)32-17-15-28(23-37(32)44)46-38-19-18-33(34-12-8-13-35(42(34)38)43(46)27-9-4-3-5-10-27)39-21-22-41(50-39)40-20-16-30(49-40)24-29(25-45)48-26-47/h3-7,9-10,12,14-24,26H,8,11,13H2,1-2H3;3-7,9-11,14-24,26H,8,12-13H2,1-2H3/b31-24+;29-24+. The van der Waals surface area contributed by atoms with E-state index in [0.29, 0.717) is 0 Å². The Labute approximate surface area is 596 Å². The highest BCUT2D eigenvalue weighted by molar-refractivity contribution is 7.24. The van der Waals surface area contributed by atoms with Crippen molar-refractivity contribution in [2.24, 2.45) is 0 Å². The van der Waals surface area contributed by atoms with Crippen LogP contribution in [0.15, 0.2) is 230 Å². The molecule has 12 heteroatoms. The molecule has 0 N–H and O–H groups in total. The summed E-state index contributed by atoms with van der Waals surface area (Å²) >= 11 is 6.73. The number of benzene rings is 8. The number of allylic oxidation sites excluding steroid dienone is 2. The predicted octanol–water partition coefficient (Wildman–Crippen LogP) is 23.2. The molecule has 0 spiro atoms. The molecule has 0 saturated heterocycles. The zero-order valence-electron chi connectivity index (χ0n) is 55.4. The summed E-state index contributed by atoms with van der Waals surface area (Å²) in [5, 5.41) is 21.3. The predicted molar refractivity (Wildman–Crippen MR) is 411 cm³/mol. The van der Waals surface area contributed by atoms with E-state index in [-0.39, 0.29) is 35.3 Å². The van der Waals surface area contributed by atoms with Crippen molar-refractivity contribution in [2.45, 2.75) is 77.0 Å². The van der Waals surface area contributed by atoms with Crippen LogP contribution in [-0.4, -0.2) is 22.1 Å². The average Bonchev–Trinajstić information content (AvgIpc) is 1.56. The van der Waals surface area contributed by atoms with Gasteiger partial charge in [0.15, 0.2) is 0 Å². The molecule has 18 rings (SSSR count). The Hall–Kier alpha value is -11.0. The van der Waals surface area contributed by atoms with Crippen molar-refractivity contribution in [3.05, 3.63) is 284 Å². The molecule has 0 saturated carbocycles. The molecule has 4 aliphatic carbocycles. The lowest BCUT2D eigenvalue weighted by molar-refractivity contribution is -0.125. The third-order valence-corrected chi connectivity index (χ3v) is 25.4. The van der Waals surface area contributed by atoms with E-state index in [2.05, 4.69) is 243 Å². The lowest BCUT2D eigenvalue weighted by Crippen LogP contribution is -2.15. The molecule has 0 radical (unpaired) electrons. The van der Waals surface area contributed by atoms with Crippen molar-refractivity contribution in [3.63, 3.8) is 0 Å². The molecular weight excluding hydrogens is 1310 g/mol. The zero-order chi connectivity index (χ0) is 68.0. The largest absolute Gasteiger partial charge is 0.417 e. The van der Waals surface area contributed by atoms with Gasteiger partial charge in [0, 0.05) is 84.1 Å². The number of ether oxygens (including phenoxy) is 2. The summed E-state index contributed by atoms with van der Waals surface area (Å²) < 4.78 is 14.6. The Bertz CT molecular complexity index is 5790. The van der Waals surface area contributed by atoms with Crippen molar-refractivity contribution in [3.8, 4) is 109 Å². The number of aryl methyl sites for hydroxylation is 4. The fraction of sp³-hybridized carbons (Fsp3) is 0.136. The molecule has 0 aliphatic heterocycles. The van der Waals surface area contributed by atoms with Crippen LogP contribution in [0.25, 0.3) is 130 Å². The smallest absolute Gasteiger partial charge is 0.299 e. The molecule has 100 heavy (non-hydrogen) atoms. The highest BCUT2D eigenvalue weighted by Gasteiger charge is 2.38. The van der Waals surface area contributed by atoms with Gasteiger partial charge in [0.2, 0.25) is 11.5 Å². The maximum absolute atomic E-state index is 10.8. The Morgan fingerprint density at radius 3 is 1.39 bits per heavy atom. The third kappa shape index (κ3) is 10.5. The van der Waals surface area contributed by atoms with Gasteiger partial charge in [-0.2, -0.15) is 10.5 Å². The second-order valence-electron chi connectivity index (χ2n) is 27.0. The van der Waals surface area contributed by atoms with Crippen LogP contribution >= 0.6 is 45.3 Å². The fourth-order valence-corrected chi connectivity index (χ4v) is 20.4. The summed E-state index contributed by atoms with van der Waals surface area (Å²) in [5.41, 5.74) is 29.0. The van der Waals surface area contributed by atoms with Gasteiger partial charge < -0.3 is 18.6 Å². The van der Waals surface area contributed by atoms with Crippen LogP contribution < -0.4 is 0 Å². The minimum absolute atomic E-state index is 0.0148. The van der Waals surface area contributed by atoms with E-state index >= 15 is 0 Å². The highest BCUT2D eigenvalue weighted by atomic mass is 32.1. The van der Waals surface area contributed by atoms with E-state index in [1.807, 2.05) is 24.3 Å². The number of thiophene rings is 4. The van der Waals surface area contributed by atoms with E-state index in [1.165, 1.54) is 148 Å². The first-order valence-electron chi connectivity index (χ1n) is 33.8. The quantitative estimate of drug-likeness (QED) is 0.0609. The lowest BCUT2D eigenvalue weighted by atomic mass is 9.82. The van der Waals surface area contributed by atoms with Crippen LogP contribution in [0.2, 0.25) is 0 Å². The number of nitrogens with zero attached hydrogens (tertiary/aromatic N) is 4. The monoisotopic (exact) mass is 1370 g/mol. The Kier molecular flexibility index (Phi) is 15.7. The van der Waals surface area contributed by atoms with Gasteiger partial charge in [0.1, 0.15) is 12.1 Å². The van der Waals surface area contributed by atoms with Crippen LogP contribution in [0, 0.1) is 22.7 Å². The van der Waals surface area contributed by atoms with Crippen molar-refractivity contribution in [1.82, 2.24) is 9.13 Å². The molecule has 14 aromatic rings. The number of fused-ring (bicyclic) bond motifs is 6. The van der Waals surface area contributed by atoms with Gasteiger partial charge in [-0.1, -0.05) is 155 Å². The average molecular weight is 1370 g/mol. The first-order valence-corrected chi connectivity index (χ1v) is 37.0. The molecule has 6 aromatic heterocycles. The van der Waals surface area contributed by atoms with Crippen molar-refractivity contribution in [1.29, 1.82) is 10.5 Å². The molecule has 6 heterocycles. The van der Waals surface area contributed by atoms with E-state index in [0.717, 1.165) is 62.9 Å². The molecule has 0 amide bonds. The van der Waals surface area contributed by atoms with Gasteiger partial charge in [0.05, 0.1) is 22.4 Å². The maximum Gasteiger partial charge on any atom is 0.299 e. The second-order valence-corrected chi connectivity index (χ2v) is 31.4. The van der Waals surface area contributed by atoms with Crippen molar-refractivity contribution in [2.75, 3.05) is 0 Å². The summed E-state index contributed by atoms with van der Waals surface area (Å²) in [6.45, 7) is 9.98. The molecular formula is C88H64N4O4S4. The van der Waals surface area contributed by atoms with E-state index < -0.39 is 0 Å². The molecule has 484 valence electrons. The Balaban J connectivity index is 0.000000150. The molecule has 8 nitrogen and oxygen atoms in total. The SMILES string of the molecule is CC1(C)c2ccccc2-c2ccc(-n3c(-c4ccccc4)c4c5c(c(-c6ccc(-c7ccc(/C=C(\C#N)OC=O)s7)s6)ccc53)CCC4)cc21.CC1(C)c2ccccc2-c2ccc(-n3c(-c4ccccc4)c4c5c(cc(-c6ccc(-c7ccc(/C=C(\C#N)OC=O)s7)s6)cc53)CCC4)cc21. The molecule has 8 aromatic carbocycles. The third-order valence-electron chi connectivity index (χ3n) is 20.7. The molecule has 4 aliphatic rings. The maximum atomic E-state index is 10.8. The van der Waals surface area contributed by atoms with Crippen molar-refractivity contribution >= 4 is 92.2 Å². The van der Waals surface area contributed by atoms with Gasteiger partial charge in [-0.05, 0) is 219 Å². The van der Waals surface area contributed by atoms with Crippen LogP contribution in [0.1, 0.15) is 94.8 Å². The molecule has 0 fully saturated rings. The van der Waals surface area contributed by atoms with E-state index in [1.54, 1.807) is 57.5 Å². The second kappa shape index (κ2) is 25.1. The lowest BCUT2D eigenvalue weighted by Gasteiger charge is -2.22. The molecule has 0 atom stereocenters. The summed E-state index contributed by atoms with van der Waals surface area (Å²) in [6.07, 6.45) is 9.65. The van der Waals surface area contributed by atoms with Gasteiger partial charge in [-0.25, -0.2) is 0 Å². The summed E-state index contributed by atoms with van der Waals surface area (Å²) in [5.74, 6) is -0.0322. The molecule has 0 unspecified atom stereocenters. The number of nitriles is 2. The fourth-order valence-electron chi connectivity index (χ4n) is 16.2. The van der Waals surface area contributed by atoms with Gasteiger partial charge >= 0.3 is 0 Å². The summed E-state index contributed by atoms with van der Waals surface area (Å²) in [6, 6.07) is 83.9. The first-order chi connectivity index (χ1) is 48.9. The normalized spacial score (nSPS) is 14.3. The van der Waals surface area contributed by atoms with Crippen LogP contribution in [0.3, 0.4) is 0 Å². The summed E-state index contributed by atoms with van der Waals surface area (Å²) in [7, 11) is 0. The Morgan fingerprint density at radius 2 is 0.840 bits per heavy atom. The summed E-state index contributed by atoms with van der Waals surface area (Å²) in [4.78, 5) is 30.3. The highest BCUT2D eigenvalue weighted by Crippen LogP contribution is 2.54. The van der Waals surface area contributed by atoms with Gasteiger partial charge in [0.25, 0.3) is 12.9 Å². The number of hydrogen-bond donors (Lipinski definition) is 0. The topological polar surface area (TPSA) is 110 Å². The Morgan fingerprint density at radius 1 is 0.400 bits per heavy atom. The van der Waals surface area contributed by atoms with Gasteiger partial charge in [-0.3, -0.25) is 9.59 Å². The molecule has 0 bridgehead atoms. The first kappa shape index (κ1) is 62.6. The number of rotatable bonds is 14. The van der Waals surface area contributed by atoms with Gasteiger partial charge in [-0.15, -0.1) is 45.3 Å². The number of aromatic nitrogens is 2. The number of carbonyl (C=O) groups excluding carboxylic acids is 2. The van der Waals surface area contributed by atoms with E-state index in [9.17, 15) is 20.1 Å². The minimum atomic E-state index is -0.0899. The van der Waals surface area contributed by atoms with E-state index in [4.69, 9.17) is 9.47 Å². The van der Waals surface area contributed by atoms with Crippen LogP contribution in [0.5, 0.6) is 0 Å². The zero-order valence-corrected chi connectivity index (χ0v) is 58.7.